The molecule has 3 aliphatic carbocycles. The van der Waals surface area contributed by atoms with Crippen LogP contribution in [0.1, 0.15) is 56.2 Å². The molecule has 266 valence electrons. The summed E-state index contributed by atoms with van der Waals surface area (Å²) < 4.78 is 0. The summed E-state index contributed by atoms with van der Waals surface area (Å²) in [5, 5.41) is 9.91. The molecule has 2 saturated carbocycles. The average molecular weight is 709 g/mol. The SMILES string of the molecule is CC1CC2CC(C)C3(c4ccc(C#N)cc4-c4ccc(-c5cccc(-c6cccc(-c7cc(-c8ccccc8)nc(-c8ccccc8)c7)c6)c5)cc43)C(C1)C2. The summed E-state index contributed by atoms with van der Waals surface area (Å²) in [5.41, 5.74) is 17.6. The molecule has 6 aromatic carbocycles. The van der Waals surface area contributed by atoms with Crippen LogP contribution in [0.2, 0.25) is 0 Å². The Morgan fingerprint density at radius 3 is 1.69 bits per heavy atom. The molecule has 2 bridgehead atoms. The molecule has 5 atom stereocenters. The van der Waals surface area contributed by atoms with E-state index in [2.05, 4.69) is 178 Å². The van der Waals surface area contributed by atoms with E-state index in [1.165, 1.54) is 75.8 Å². The molecule has 1 aromatic heterocycles. The van der Waals surface area contributed by atoms with E-state index in [1.807, 2.05) is 0 Å². The van der Waals surface area contributed by atoms with Gasteiger partial charge in [-0.1, -0.05) is 129 Å². The van der Waals surface area contributed by atoms with Crippen LogP contribution in [0.15, 0.2) is 158 Å². The van der Waals surface area contributed by atoms with Gasteiger partial charge in [-0.15, -0.1) is 0 Å². The van der Waals surface area contributed by atoms with E-state index in [0.29, 0.717) is 11.8 Å². The lowest BCUT2D eigenvalue weighted by Gasteiger charge is -2.54. The van der Waals surface area contributed by atoms with Crippen LogP contribution < -0.4 is 0 Å². The first-order valence-electron chi connectivity index (χ1n) is 20.0. The minimum Gasteiger partial charge on any atom is -0.248 e. The largest absolute Gasteiger partial charge is 0.248 e. The van der Waals surface area contributed by atoms with Crippen LogP contribution in [0.4, 0.5) is 0 Å². The minimum absolute atomic E-state index is 0.0203. The molecule has 0 aliphatic heterocycles. The third kappa shape index (κ3) is 5.65. The summed E-state index contributed by atoms with van der Waals surface area (Å²) in [4.78, 5) is 5.11. The van der Waals surface area contributed by atoms with Crippen molar-refractivity contribution in [2.75, 3.05) is 0 Å². The number of rotatable bonds is 5. The monoisotopic (exact) mass is 708 g/mol. The van der Waals surface area contributed by atoms with Crippen molar-refractivity contribution in [3.05, 3.63) is 174 Å². The van der Waals surface area contributed by atoms with Gasteiger partial charge in [-0.2, -0.15) is 5.26 Å². The molecule has 7 aromatic rings. The second kappa shape index (κ2) is 13.4. The standard InChI is InChI=1S/C53H44N2/c1-34-23-37-25-35(2)53(46(24-34)26-37)49-22-19-36(33-54)27-48(49)47-21-20-44(30-50(47)53)42-17-9-15-40(28-42)41-16-10-18-43(29-41)45-31-51(38-11-5-3-6-12-38)55-52(32-45)39-13-7-4-8-14-39/h3-22,27-32,34-35,37,46H,23-26H2,1-2H3. The fourth-order valence-corrected chi connectivity index (χ4v) is 11.0. The van der Waals surface area contributed by atoms with Crippen molar-refractivity contribution < 1.29 is 0 Å². The fourth-order valence-electron chi connectivity index (χ4n) is 11.0. The van der Waals surface area contributed by atoms with Crippen molar-refractivity contribution in [3.8, 4) is 73.1 Å². The Labute approximate surface area is 325 Å². The maximum atomic E-state index is 9.91. The van der Waals surface area contributed by atoms with E-state index in [4.69, 9.17) is 4.98 Å². The Kier molecular flexibility index (Phi) is 8.15. The normalized spacial score (nSPS) is 22.1. The van der Waals surface area contributed by atoms with E-state index in [0.717, 1.165) is 45.5 Å². The second-order valence-corrected chi connectivity index (χ2v) is 16.5. The highest BCUT2D eigenvalue weighted by molar-refractivity contribution is 5.86. The Hall–Kier alpha value is -6.04. The molecule has 2 heteroatoms. The highest BCUT2D eigenvalue weighted by Gasteiger charge is 2.56. The van der Waals surface area contributed by atoms with Gasteiger partial charge in [-0.3, -0.25) is 0 Å². The summed E-state index contributed by atoms with van der Waals surface area (Å²) in [7, 11) is 0. The zero-order valence-corrected chi connectivity index (χ0v) is 31.5. The molecule has 1 spiro atoms. The predicted octanol–water partition coefficient (Wildman–Crippen LogP) is 13.6. The molecule has 0 N–H and O–H groups in total. The highest BCUT2D eigenvalue weighted by Crippen LogP contribution is 2.65. The molecule has 5 unspecified atom stereocenters. The highest BCUT2D eigenvalue weighted by atomic mass is 14.7. The molecule has 3 aliphatic rings. The topological polar surface area (TPSA) is 36.7 Å². The Balaban J connectivity index is 1.05. The zero-order chi connectivity index (χ0) is 37.1. The lowest BCUT2D eigenvalue weighted by atomic mass is 9.49. The van der Waals surface area contributed by atoms with Crippen molar-refractivity contribution in [1.82, 2.24) is 4.98 Å². The van der Waals surface area contributed by atoms with Gasteiger partial charge in [0.2, 0.25) is 0 Å². The van der Waals surface area contributed by atoms with E-state index in [9.17, 15) is 5.26 Å². The molecule has 1 heterocycles. The van der Waals surface area contributed by atoms with Crippen LogP contribution in [0.5, 0.6) is 0 Å². The average Bonchev–Trinajstić information content (AvgIpc) is 3.53. The quantitative estimate of drug-likeness (QED) is 0.178. The number of pyridine rings is 1. The molecule has 0 radical (unpaired) electrons. The Morgan fingerprint density at radius 1 is 0.491 bits per heavy atom. The molecular formula is C53H44N2. The fraction of sp³-hybridized carbons (Fsp3) is 0.208. The van der Waals surface area contributed by atoms with Crippen molar-refractivity contribution in [3.63, 3.8) is 0 Å². The van der Waals surface area contributed by atoms with Crippen LogP contribution >= 0.6 is 0 Å². The maximum Gasteiger partial charge on any atom is 0.0991 e. The van der Waals surface area contributed by atoms with Crippen molar-refractivity contribution in [1.29, 1.82) is 5.26 Å². The number of hydrogen-bond acceptors (Lipinski definition) is 2. The van der Waals surface area contributed by atoms with Crippen LogP contribution in [0, 0.1) is 35.0 Å². The number of nitriles is 1. The van der Waals surface area contributed by atoms with Gasteiger partial charge in [-0.05, 0) is 147 Å². The van der Waals surface area contributed by atoms with Crippen LogP contribution in [-0.2, 0) is 5.41 Å². The zero-order valence-electron chi connectivity index (χ0n) is 31.5. The predicted molar refractivity (Wildman–Crippen MR) is 226 cm³/mol. The molecule has 0 saturated heterocycles. The van der Waals surface area contributed by atoms with E-state index in [1.54, 1.807) is 0 Å². The lowest BCUT2D eigenvalue weighted by Crippen LogP contribution is -2.49. The smallest absolute Gasteiger partial charge is 0.0991 e. The molecule has 2 nitrogen and oxygen atoms in total. The van der Waals surface area contributed by atoms with Gasteiger partial charge in [0.1, 0.15) is 0 Å². The van der Waals surface area contributed by atoms with Gasteiger partial charge >= 0.3 is 0 Å². The molecular weight excluding hydrogens is 665 g/mol. The third-order valence-electron chi connectivity index (χ3n) is 13.2. The number of fused-ring (bicyclic) bond motifs is 8. The number of nitrogens with zero attached hydrogens (tertiary/aromatic N) is 2. The van der Waals surface area contributed by atoms with Gasteiger partial charge in [0.05, 0.1) is 23.0 Å². The third-order valence-corrected chi connectivity index (χ3v) is 13.2. The minimum atomic E-state index is -0.0203. The van der Waals surface area contributed by atoms with E-state index in [-0.39, 0.29) is 5.41 Å². The lowest BCUT2D eigenvalue weighted by molar-refractivity contribution is 0.0426. The van der Waals surface area contributed by atoms with Gasteiger partial charge in [0, 0.05) is 16.5 Å². The maximum absolute atomic E-state index is 9.91. The summed E-state index contributed by atoms with van der Waals surface area (Å²) in [6, 6.07) is 59.5. The van der Waals surface area contributed by atoms with Gasteiger partial charge in [0.15, 0.2) is 0 Å². The number of hydrogen-bond donors (Lipinski definition) is 0. The van der Waals surface area contributed by atoms with Crippen LogP contribution in [0.3, 0.4) is 0 Å². The molecule has 10 rings (SSSR count). The van der Waals surface area contributed by atoms with Crippen LogP contribution in [0.25, 0.3) is 67.0 Å². The van der Waals surface area contributed by atoms with E-state index >= 15 is 0 Å². The van der Waals surface area contributed by atoms with E-state index < -0.39 is 0 Å². The molecule has 0 amide bonds. The number of aromatic nitrogens is 1. The second-order valence-electron chi connectivity index (χ2n) is 16.5. The van der Waals surface area contributed by atoms with Crippen molar-refractivity contribution in [2.45, 2.75) is 44.9 Å². The summed E-state index contributed by atoms with van der Waals surface area (Å²) in [6.07, 6.45) is 5.21. The molecule has 55 heavy (non-hydrogen) atoms. The first kappa shape index (κ1) is 33.5. The van der Waals surface area contributed by atoms with Gasteiger partial charge < -0.3 is 0 Å². The number of benzene rings is 6. The first-order chi connectivity index (χ1) is 27.0. The Morgan fingerprint density at radius 2 is 1.07 bits per heavy atom. The summed E-state index contributed by atoms with van der Waals surface area (Å²) >= 11 is 0. The van der Waals surface area contributed by atoms with Crippen molar-refractivity contribution in [2.24, 2.45) is 23.7 Å². The Bertz CT molecular complexity index is 2550. The summed E-state index contributed by atoms with van der Waals surface area (Å²) in [6.45, 7) is 4.98. The van der Waals surface area contributed by atoms with Gasteiger partial charge in [-0.25, -0.2) is 4.98 Å². The van der Waals surface area contributed by atoms with Gasteiger partial charge in [0.25, 0.3) is 0 Å². The van der Waals surface area contributed by atoms with Crippen molar-refractivity contribution >= 4 is 0 Å². The first-order valence-corrected chi connectivity index (χ1v) is 20.0. The van der Waals surface area contributed by atoms with Crippen LogP contribution in [-0.4, -0.2) is 4.98 Å². The molecule has 2 fully saturated rings. The summed E-state index contributed by atoms with van der Waals surface area (Å²) in [5.74, 6) is 2.72.